The second-order valence-corrected chi connectivity index (χ2v) is 8.07. The average Bonchev–Trinajstić information content (AvgIpc) is 3.30. The highest BCUT2D eigenvalue weighted by Gasteiger charge is 2.51. The van der Waals surface area contributed by atoms with Gasteiger partial charge in [-0.15, -0.1) is 0 Å². The standard InChI is InChI=1S/C20H29N3O/c1-16-6-4-7-17(21-16)14-22-13-10-20(15-22)9-5-8-18(20)19(24)23-11-2-3-12-23/h4,6-7,18H,2-3,5,8-15H2,1H3/t18-,20-/m0/s1. The average molecular weight is 327 g/mol. The quantitative estimate of drug-likeness (QED) is 0.856. The van der Waals surface area contributed by atoms with Gasteiger partial charge < -0.3 is 4.90 Å². The van der Waals surface area contributed by atoms with Crippen LogP contribution in [0.5, 0.6) is 0 Å². The Labute approximate surface area is 145 Å². The van der Waals surface area contributed by atoms with Crippen LogP contribution in [0.15, 0.2) is 18.2 Å². The Kier molecular flexibility index (Phi) is 4.33. The second-order valence-electron chi connectivity index (χ2n) is 8.07. The zero-order chi connectivity index (χ0) is 16.6. The minimum atomic E-state index is 0.240. The number of aryl methyl sites for hydroxylation is 1. The lowest BCUT2D eigenvalue weighted by molar-refractivity contribution is -0.137. The molecule has 0 radical (unpaired) electrons. The molecule has 1 saturated carbocycles. The van der Waals surface area contributed by atoms with Crippen LogP contribution in [0.2, 0.25) is 0 Å². The Morgan fingerprint density at radius 1 is 1.21 bits per heavy atom. The van der Waals surface area contributed by atoms with E-state index in [2.05, 4.69) is 39.9 Å². The van der Waals surface area contributed by atoms with Gasteiger partial charge >= 0.3 is 0 Å². The van der Waals surface area contributed by atoms with Gasteiger partial charge in [0.1, 0.15) is 0 Å². The highest BCUT2D eigenvalue weighted by atomic mass is 16.2. The molecular weight excluding hydrogens is 298 g/mol. The molecule has 4 nitrogen and oxygen atoms in total. The van der Waals surface area contributed by atoms with E-state index in [1.807, 2.05) is 0 Å². The zero-order valence-electron chi connectivity index (χ0n) is 14.8. The number of pyridine rings is 1. The lowest BCUT2D eigenvalue weighted by Crippen LogP contribution is -2.42. The van der Waals surface area contributed by atoms with Crippen LogP contribution in [-0.2, 0) is 11.3 Å². The normalized spacial score (nSPS) is 30.5. The van der Waals surface area contributed by atoms with Crippen molar-refractivity contribution in [2.24, 2.45) is 11.3 Å². The molecule has 2 aliphatic heterocycles. The number of likely N-dealkylation sites (tertiary alicyclic amines) is 2. The molecule has 0 aromatic carbocycles. The molecule has 1 aliphatic carbocycles. The SMILES string of the molecule is Cc1cccc(CN2CC[C@@]3(CCC[C@H]3C(=O)N3CCCC3)C2)n1. The van der Waals surface area contributed by atoms with Crippen molar-refractivity contribution in [1.29, 1.82) is 0 Å². The summed E-state index contributed by atoms with van der Waals surface area (Å²) in [4.78, 5) is 22.3. The van der Waals surface area contributed by atoms with Crippen molar-refractivity contribution in [2.45, 2.75) is 52.0 Å². The number of rotatable bonds is 3. The molecule has 4 heteroatoms. The highest BCUT2D eigenvalue weighted by molar-refractivity contribution is 5.80. The summed E-state index contributed by atoms with van der Waals surface area (Å²) in [6.07, 6.45) is 7.12. The van der Waals surface area contributed by atoms with Crippen LogP contribution in [0.1, 0.15) is 49.9 Å². The molecule has 2 atom stereocenters. The number of aromatic nitrogens is 1. The van der Waals surface area contributed by atoms with Crippen molar-refractivity contribution in [3.63, 3.8) is 0 Å². The maximum Gasteiger partial charge on any atom is 0.226 e. The predicted octanol–water partition coefficient (Wildman–Crippen LogP) is 3.00. The van der Waals surface area contributed by atoms with Crippen LogP contribution in [-0.4, -0.2) is 46.9 Å². The topological polar surface area (TPSA) is 36.4 Å². The van der Waals surface area contributed by atoms with Gasteiger partial charge in [0.2, 0.25) is 5.91 Å². The van der Waals surface area contributed by atoms with E-state index in [0.29, 0.717) is 5.91 Å². The van der Waals surface area contributed by atoms with Crippen molar-refractivity contribution >= 4 is 5.91 Å². The Bertz CT molecular complexity index is 611. The molecule has 2 saturated heterocycles. The van der Waals surface area contributed by atoms with Gasteiger partial charge in [0.05, 0.1) is 5.69 Å². The first-order chi connectivity index (χ1) is 11.7. The fraction of sp³-hybridized carbons (Fsp3) is 0.700. The molecule has 1 aromatic heterocycles. The highest BCUT2D eigenvalue weighted by Crippen LogP contribution is 2.50. The molecule has 3 aliphatic rings. The van der Waals surface area contributed by atoms with Gasteiger partial charge in [0.25, 0.3) is 0 Å². The first-order valence-corrected chi connectivity index (χ1v) is 9.60. The first kappa shape index (κ1) is 16.1. The third-order valence-corrected chi connectivity index (χ3v) is 6.42. The number of carbonyl (C=O) groups excluding carboxylic acids is 1. The van der Waals surface area contributed by atoms with Gasteiger partial charge in [0.15, 0.2) is 0 Å². The molecule has 1 amide bonds. The summed E-state index contributed by atoms with van der Waals surface area (Å²) in [6, 6.07) is 6.27. The third kappa shape index (κ3) is 2.97. The fourth-order valence-corrected chi connectivity index (χ4v) is 5.21. The molecule has 3 fully saturated rings. The van der Waals surface area contributed by atoms with Gasteiger partial charge in [-0.1, -0.05) is 12.5 Å². The van der Waals surface area contributed by atoms with E-state index in [4.69, 9.17) is 0 Å². The summed E-state index contributed by atoms with van der Waals surface area (Å²) >= 11 is 0. The van der Waals surface area contributed by atoms with Gasteiger partial charge in [-0.2, -0.15) is 0 Å². The number of amides is 1. The summed E-state index contributed by atoms with van der Waals surface area (Å²) < 4.78 is 0. The maximum absolute atomic E-state index is 13.0. The Balaban J connectivity index is 1.44. The van der Waals surface area contributed by atoms with Gasteiger partial charge in [0, 0.05) is 37.8 Å². The second kappa shape index (κ2) is 6.47. The van der Waals surface area contributed by atoms with Crippen LogP contribution in [0.25, 0.3) is 0 Å². The Hall–Kier alpha value is -1.42. The fourth-order valence-electron chi connectivity index (χ4n) is 5.21. The molecule has 3 heterocycles. The van der Waals surface area contributed by atoms with E-state index in [1.165, 1.54) is 32.1 Å². The third-order valence-electron chi connectivity index (χ3n) is 6.42. The zero-order valence-corrected chi connectivity index (χ0v) is 14.8. The number of hydrogen-bond donors (Lipinski definition) is 0. The van der Waals surface area contributed by atoms with E-state index in [0.717, 1.165) is 50.5 Å². The number of hydrogen-bond acceptors (Lipinski definition) is 3. The van der Waals surface area contributed by atoms with Gasteiger partial charge in [-0.05, 0) is 63.1 Å². The summed E-state index contributed by atoms with van der Waals surface area (Å²) in [5.74, 6) is 0.728. The van der Waals surface area contributed by atoms with Crippen molar-refractivity contribution in [3.8, 4) is 0 Å². The molecule has 1 spiro atoms. The summed E-state index contributed by atoms with van der Waals surface area (Å²) in [5, 5.41) is 0. The van der Waals surface area contributed by atoms with E-state index >= 15 is 0 Å². The van der Waals surface area contributed by atoms with E-state index in [-0.39, 0.29) is 11.3 Å². The lowest BCUT2D eigenvalue weighted by atomic mass is 9.76. The van der Waals surface area contributed by atoms with Crippen LogP contribution >= 0.6 is 0 Å². The lowest BCUT2D eigenvalue weighted by Gasteiger charge is -2.33. The van der Waals surface area contributed by atoms with Crippen LogP contribution in [0.4, 0.5) is 0 Å². The molecule has 0 N–H and O–H groups in total. The van der Waals surface area contributed by atoms with Crippen LogP contribution < -0.4 is 0 Å². The Morgan fingerprint density at radius 2 is 2.04 bits per heavy atom. The van der Waals surface area contributed by atoms with E-state index in [9.17, 15) is 4.79 Å². The van der Waals surface area contributed by atoms with E-state index < -0.39 is 0 Å². The van der Waals surface area contributed by atoms with Crippen molar-refractivity contribution in [1.82, 2.24) is 14.8 Å². The van der Waals surface area contributed by atoms with Crippen molar-refractivity contribution in [2.75, 3.05) is 26.2 Å². The Morgan fingerprint density at radius 3 is 2.83 bits per heavy atom. The summed E-state index contributed by atoms with van der Waals surface area (Å²) in [5.41, 5.74) is 2.49. The molecule has 0 unspecified atom stereocenters. The molecule has 24 heavy (non-hydrogen) atoms. The van der Waals surface area contributed by atoms with Gasteiger partial charge in [-0.25, -0.2) is 0 Å². The molecule has 0 bridgehead atoms. The van der Waals surface area contributed by atoms with Crippen LogP contribution in [0, 0.1) is 18.3 Å². The minimum absolute atomic E-state index is 0.240. The molecule has 130 valence electrons. The summed E-state index contributed by atoms with van der Waals surface area (Å²) in [6.45, 7) is 7.14. The van der Waals surface area contributed by atoms with Crippen molar-refractivity contribution < 1.29 is 4.79 Å². The molecular formula is C20H29N3O. The smallest absolute Gasteiger partial charge is 0.226 e. The van der Waals surface area contributed by atoms with Gasteiger partial charge in [-0.3, -0.25) is 14.7 Å². The summed E-state index contributed by atoms with van der Waals surface area (Å²) in [7, 11) is 0. The van der Waals surface area contributed by atoms with Crippen molar-refractivity contribution in [3.05, 3.63) is 29.6 Å². The monoisotopic (exact) mass is 327 g/mol. The predicted molar refractivity (Wildman–Crippen MR) is 94.5 cm³/mol. The number of carbonyl (C=O) groups is 1. The molecule has 1 aromatic rings. The number of nitrogens with zero attached hydrogens (tertiary/aromatic N) is 3. The minimum Gasteiger partial charge on any atom is -0.342 e. The van der Waals surface area contributed by atoms with E-state index in [1.54, 1.807) is 0 Å². The first-order valence-electron chi connectivity index (χ1n) is 9.60. The largest absolute Gasteiger partial charge is 0.342 e. The van der Waals surface area contributed by atoms with Crippen LogP contribution in [0.3, 0.4) is 0 Å². The molecule has 4 rings (SSSR count). The maximum atomic E-state index is 13.0.